The molecule has 0 saturated heterocycles. The molecule has 2 atom stereocenters. The Labute approximate surface area is 117 Å². The Bertz CT molecular complexity index is 491. The zero-order valence-electron chi connectivity index (χ0n) is 12.0. The topological polar surface area (TPSA) is 29.1 Å². The summed E-state index contributed by atoms with van der Waals surface area (Å²) in [5.41, 5.74) is 1.43. The van der Waals surface area contributed by atoms with Crippen molar-refractivity contribution in [3.05, 3.63) is 35.1 Å². The first-order valence-electron chi connectivity index (χ1n) is 6.77. The van der Waals surface area contributed by atoms with Gasteiger partial charge in [-0.15, -0.1) is 0 Å². The van der Waals surface area contributed by atoms with Gasteiger partial charge in [0.15, 0.2) is 0 Å². The highest BCUT2D eigenvalue weighted by molar-refractivity contribution is 7.84. The zero-order valence-corrected chi connectivity index (χ0v) is 12.8. The fourth-order valence-corrected chi connectivity index (χ4v) is 2.81. The number of hydrogen-bond acceptors (Lipinski definition) is 1. The second-order valence-corrected chi connectivity index (χ2v) is 8.24. The summed E-state index contributed by atoms with van der Waals surface area (Å²) in [5.74, 6) is 0.260. The molecule has 1 saturated carbocycles. The monoisotopic (exact) mass is 283 g/mol. The Kier molecular flexibility index (Phi) is 4.11. The maximum Gasteiger partial charge on any atom is 0.131 e. The Morgan fingerprint density at radius 1 is 1.37 bits per heavy atom. The minimum Gasteiger partial charge on any atom is -0.242 e. The van der Waals surface area contributed by atoms with Gasteiger partial charge in [0.05, 0.1) is 15.7 Å². The largest absolute Gasteiger partial charge is 0.242 e. The van der Waals surface area contributed by atoms with Crippen LogP contribution < -0.4 is 4.72 Å². The van der Waals surface area contributed by atoms with Crippen molar-refractivity contribution in [3.63, 3.8) is 0 Å². The van der Waals surface area contributed by atoms with Gasteiger partial charge in [-0.05, 0) is 52.0 Å². The van der Waals surface area contributed by atoms with E-state index >= 15 is 0 Å². The van der Waals surface area contributed by atoms with Gasteiger partial charge in [0.25, 0.3) is 0 Å². The molecule has 1 aromatic carbocycles. The lowest BCUT2D eigenvalue weighted by Gasteiger charge is -2.23. The third kappa shape index (κ3) is 3.42. The van der Waals surface area contributed by atoms with Crippen LogP contribution in [0.1, 0.15) is 63.6 Å². The van der Waals surface area contributed by atoms with Crippen LogP contribution in [0, 0.1) is 5.82 Å². The molecule has 106 valence electrons. The summed E-state index contributed by atoms with van der Waals surface area (Å²) in [6.07, 6.45) is 2.16. The smallest absolute Gasteiger partial charge is 0.131 e. The summed E-state index contributed by atoms with van der Waals surface area (Å²) >= 11 is 0. The molecule has 2 nitrogen and oxygen atoms in total. The molecule has 2 rings (SSSR count). The fourth-order valence-electron chi connectivity index (χ4n) is 2.01. The molecule has 0 aromatic heterocycles. The quantitative estimate of drug-likeness (QED) is 0.894. The highest BCUT2D eigenvalue weighted by Crippen LogP contribution is 2.42. The van der Waals surface area contributed by atoms with Crippen LogP contribution in [0.2, 0.25) is 0 Å². The molecular weight excluding hydrogens is 261 g/mol. The molecule has 1 aromatic rings. The zero-order chi connectivity index (χ0) is 14.2. The first-order chi connectivity index (χ1) is 8.80. The average Bonchev–Trinajstić information content (AvgIpc) is 3.11. The second kappa shape index (κ2) is 5.33. The van der Waals surface area contributed by atoms with E-state index in [0.29, 0.717) is 11.5 Å². The molecule has 0 bridgehead atoms. The first-order valence-corrected chi connectivity index (χ1v) is 7.92. The number of halogens is 1. The summed E-state index contributed by atoms with van der Waals surface area (Å²) < 4.78 is 29.1. The van der Waals surface area contributed by atoms with Crippen molar-refractivity contribution < 1.29 is 8.60 Å². The molecule has 0 unspecified atom stereocenters. The number of rotatable bonds is 4. The molecule has 19 heavy (non-hydrogen) atoms. The summed E-state index contributed by atoms with van der Waals surface area (Å²) in [4.78, 5) is 0. The van der Waals surface area contributed by atoms with Crippen LogP contribution in [-0.4, -0.2) is 8.96 Å². The Morgan fingerprint density at radius 3 is 2.53 bits per heavy atom. The molecule has 1 aliphatic rings. The molecular formula is C15H22FNOS. The number of benzene rings is 1. The van der Waals surface area contributed by atoms with Gasteiger partial charge in [-0.3, -0.25) is 0 Å². The molecule has 1 fully saturated rings. The number of hydrogen-bond donors (Lipinski definition) is 1. The van der Waals surface area contributed by atoms with Crippen LogP contribution in [0.5, 0.6) is 0 Å². The van der Waals surface area contributed by atoms with E-state index in [1.54, 1.807) is 6.07 Å². The SMILES string of the molecule is C[C@@H](N[S@@](=O)C(C)(C)C)c1cccc(C2CC2)c1F. The van der Waals surface area contributed by atoms with E-state index in [1.807, 2.05) is 39.8 Å². The molecule has 4 heteroatoms. The lowest BCUT2D eigenvalue weighted by Crippen LogP contribution is -2.35. The summed E-state index contributed by atoms with van der Waals surface area (Å²) in [5, 5.41) is 0. The van der Waals surface area contributed by atoms with E-state index < -0.39 is 11.0 Å². The molecule has 0 aliphatic heterocycles. The van der Waals surface area contributed by atoms with Gasteiger partial charge in [0.1, 0.15) is 5.82 Å². The van der Waals surface area contributed by atoms with Crippen molar-refractivity contribution in [2.75, 3.05) is 0 Å². The van der Waals surface area contributed by atoms with Crippen LogP contribution in [0.4, 0.5) is 4.39 Å². The van der Waals surface area contributed by atoms with Crippen LogP contribution in [0.25, 0.3) is 0 Å². The minimum absolute atomic E-state index is 0.129. The number of nitrogens with one attached hydrogen (secondary N) is 1. The van der Waals surface area contributed by atoms with Crippen LogP contribution in [0.3, 0.4) is 0 Å². The van der Waals surface area contributed by atoms with E-state index in [-0.39, 0.29) is 16.6 Å². The fraction of sp³-hybridized carbons (Fsp3) is 0.600. The third-order valence-electron chi connectivity index (χ3n) is 3.38. The molecule has 0 radical (unpaired) electrons. The van der Waals surface area contributed by atoms with Gasteiger partial charge in [0, 0.05) is 11.6 Å². The predicted molar refractivity (Wildman–Crippen MR) is 77.8 cm³/mol. The van der Waals surface area contributed by atoms with Crippen molar-refractivity contribution in [2.24, 2.45) is 0 Å². The maximum atomic E-state index is 14.4. The van der Waals surface area contributed by atoms with E-state index in [0.717, 1.165) is 18.4 Å². The third-order valence-corrected chi connectivity index (χ3v) is 5.06. The second-order valence-electron chi connectivity index (χ2n) is 6.25. The predicted octanol–water partition coefficient (Wildman–Crippen LogP) is 3.82. The summed E-state index contributed by atoms with van der Waals surface area (Å²) in [7, 11) is -1.19. The average molecular weight is 283 g/mol. The van der Waals surface area contributed by atoms with Crippen molar-refractivity contribution in [2.45, 2.75) is 57.2 Å². The van der Waals surface area contributed by atoms with E-state index in [1.165, 1.54) is 0 Å². The van der Waals surface area contributed by atoms with Crippen molar-refractivity contribution in [1.82, 2.24) is 4.72 Å². The molecule has 0 heterocycles. The van der Waals surface area contributed by atoms with Crippen LogP contribution in [-0.2, 0) is 11.0 Å². The highest BCUT2D eigenvalue weighted by atomic mass is 32.2. The van der Waals surface area contributed by atoms with Gasteiger partial charge in [-0.25, -0.2) is 13.3 Å². The van der Waals surface area contributed by atoms with Gasteiger partial charge in [0.2, 0.25) is 0 Å². The maximum absolute atomic E-state index is 14.4. The Hall–Kier alpha value is -0.740. The normalized spacial score (nSPS) is 19.2. The molecule has 1 N–H and O–H groups in total. The molecule has 0 spiro atoms. The van der Waals surface area contributed by atoms with Gasteiger partial charge >= 0.3 is 0 Å². The molecule has 1 aliphatic carbocycles. The standard InChI is InChI=1S/C15H22FNOS/c1-10(17-19(18)15(2,3)4)12-6-5-7-13(14(12)16)11-8-9-11/h5-7,10-11,17H,8-9H2,1-4H3/t10-,19+/m1/s1. The van der Waals surface area contributed by atoms with E-state index in [2.05, 4.69) is 4.72 Å². The van der Waals surface area contributed by atoms with E-state index in [9.17, 15) is 8.60 Å². The van der Waals surface area contributed by atoms with E-state index in [4.69, 9.17) is 0 Å². The van der Waals surface area contributed by atoms with Crippen molar-refractivity contribution in [1.29, 1.82) is 0 Å². The van der Waals surface area contributed by atoms with Crippen LogP contribution in [0.15, 0.2) is 18.2 Å². The van der Waals surface area contributed by atoms with Gasteiger partial charge in [-0.2, -0.15) is 0 Å². The highest BCUT2D eigenvalue weighted by Gasteiger charge is 2.29. The van der Waals surface area contributed by atoms with Crippen molar-refractivity contribution in [3.8, 4) is 0 Å². The Balaban J connectivity index is 2.17. The van der Waals surface area contributed by atoms with Gasteiger partial charge in [-0.1, -0.05) is 18.2 Å². The first kappa shape index (κ1) is 14.7. The molecule has 0 amide bonds. The lowest BCUT2D eigenvalue weighted by molar-refractivity contribution is 0.561. The summed E-state index contributed by atoms with van der Waals surface area (Å²) in [6, 6.07) is 5.28. The minimum atomic E-state index is -1.19. The van der Waals surface area contributed by atoms with Crippen LogP contribution >= 0.6 is 0 Å². The Morgan fingerprint density at radius 2 is 2.00 bits per heavy atom. The lowest BCUT2D eigenvalue weighted by atomic mass is 10.0. The van der Waals surface area contributed by atoms with Gasteiger partial charge < -0.3 is 0 Å². The van der Waals surface area contributed by atoms with Crippen molar-refractivity contribution >= 4 is 11.0 Å². The summed E-state index contributed by atoms with van der Waals surface area (Å²) in [6.45, 7) is 7.57.